The Bertz CT molecular complexity index is 1400. The number of nitrogens with zero attached hydrogens (tertiary/aromatic N) is 5. The highest BCUT2D eigenvalue weighted by atomic mass is 16.4. The lowest BCUT2D eigenvalue weighted by molar-refractivity contribution is 0.0628. The molecule has 0 unspecified atom stereocenters. The summed E-state index contributed by atoms with van der Waals surface area (Å²) in [5.74, 6) is 1.13. The van der Waals surface area contributed by atoms with Crippen molar-refractivity contribution in [3.05, 3.63) is 101 Å². The lowest BCUT2D eigenvalue weighted by Gasteiger charge is -2.34. The fourth-order valence-electron chi connectivity index (χ4n) is 4.90. The number of rotatable bonds is 7. The van der Waals surface area contributed by atoms with Gasteiger partial charge >= 0.3 is 0 Å². The molecular weight excluding hydrogens is 464 g/mol. The maximum absolute atomic E-state index is 13.2. The number of imidazole rings is 1. The number of aromatic nitrogens is 2. The number of piperazine rings is 1. The van der Waals surface area contributed by atoms with Crippen LogP contribution in [0.3, 0.4) is 0 Å². The molecule has 0 aliphatic carbocycles. The van der Waals surface area contributed by atoms with Gasteiger partial charge in [0.05, 0.1) is 11.0 Å². The van der Waals surface area contributed by atoms with E-state index in [0.29, 0.717) is 11.1 Å². The normalized spacial score (nSPS) is 14.8. The van der Waals surface area contributed by atoms with Crippen molar-refractivity contribution >= 4 is 22.8 Å². The zero-order valence-corrected chi connectivity index (χ0v) is 21.0. The molecule has 1 aliphatic heterocycles. The zero-order valence-electron chi connectivity index (χ0n) is 21.0. The van der Waals surface area contributed by atoms with Crippen molar-refractivity contribution in [1.82, 2.24) is 19.4 Å². The molecule has 1 aliphatic rings. The van der Waals surface area contributed by atoms with Crippen LogP contribution in [0.4, 0.5) is 0 Å². The Kier molecular flexibility index (Phi) is 7.18. The third-order valence-electron chi connectivity index (χ3n) is 7.12. The summed E-state index contributed by atoms with van der Waals surface area (Å²) < 4.78 is 2.09. The Hall–Kier alpha value is -4.17. The average molecular weight is 497 g/mol. The van der Waals surface area contributed by atoms with E-state index in [-0.39, 0.29) is 11.7 Å². The summed E-state index contributed by atoms with van der Waals surface area (Å²) in [6.07, 6.45) is 1.58. The lowest BCUT2D eigenvalue weighted by Crippen LogP contribution is -2.48. The van der Waals surface area contributed by atoms with Gasteiger partial charge in [-0.1, -0.05) is 59.8 Å². The van der Waals surface area contributed by atoms with Gasteiger partial charge in [0.2, 0.25) is 0 Å². The van der Waals surface area contributed by atoms with Crippen molar-refractivity contribution in [3.8, 4) is 0 Å². The number of hydrogen-bond acceptors (Lipinski definition) is 5. The Morgan fingerprint density at radius 2 is 1.62 bits per heavy atom. The first kappa shape index (κ1) is 24.5. The van der Waals surface area contributed by atoms with E-state index >= 15 is 0 Å². The summed E-state index contributed by atoms with van der Waals surface area (Å²) >= 11 is 0. The molecule has 8 heteroatoms. The topological polar surface area (TPSA) is 100.0 Å². The van der Waals surface area contributed by atoms with Crippen LogP contribution in [-0.4, -0.2) is 62.5 Å². The number of amidine groups is 1. The smallest absolute Gasteiger partial charge is 0.254 e. The second kappa shape index (κ2) is 10.8. The lowest BCUT2D eigenvalue weighted by atomic mass is 10.1. The highest BCUT2D eigenvalue weighted by Crippen LogP contribution is 2.20. The molecule has 1 fully saturated rings. The molecule has 1 amide bonds. The fraction of sp³-hybridized carbons (Fsp3) is 0.276. The first-order valence-corrected chi connectivity index (χ1v) is 12.6. The highest BCUT2D eigenvalue weighted by molar-refractivity contribution is 5.98. The molecular formula is C29H32N6O2. The van der Waals surface area contributed by atoms with E-state index < -0.39 is 0 Å². The first-order valence-electron chi connectivity index (χ1n) is 12.6. The maximum atomic E-state index is 13.2. The van der Waals surface area contributed by atoms with Gasteiger partial charge in [0.1, 0.15) is 5.82 Å². The summed E-state index contributed by atoms with van der Waals surface area (Å²) in [5.41, 5.74) is 11.3. The zero-order chi connectivity index (χ0) is 25.8. The SMILES string of the molecule is Cn1c(CCc2ccc(/C(N)=N/O)cc2)nc2cc(C(=O)N3CCN(Cc4ccccc4)CC3)ccc21. The predicted octanol–water partition coefficient (Wildman–Crippen LogP) is 3.41. The molecule has 0 atom stereocenters. The van der Waals surface area contributed by atoms with E-state index in [2.05, 4.69) is 38.9 Å². The van der Waals surface area contributed by atoms with Crippen molar-refractivity contribution in [2.45, 2.75) is 19.4 Å². The third kappa shape index (κ3) is 5.49. The summed E-state index contributed by atoms with van der Waals surface area (Å²) in [4.78, 5) is 22.4. The largest absolute Gasteiger partial charge is 0.409 e. The number of oxime groups is 1. The van der Waals surface area contributed by atoms with E-state index in [1.165, 1.54) is 5.56 Å². The second-order valence-corrected chi connectivity index (χ2v) is 9.53. The van der Waals surface area contributed by atoms with Crippen LogP contribution in [0.25, 0.3) is 11.0 Å². The van der Waals surface area contributed by atoms with Crippen LogP contribution in [0.2, 0.25) is 0 Å². The van der Waals surface area contributed by atoms with E-state index in [0.717, 1.165) is 68.0 Å². The van der Waals surface area contributed by atoms with Crippen LogP contribution in [0.5, 0.6) is 0 Å². The molecule has 1 aromatic heterocycles. The maximum Gasteiger partial charge on any atom is 0.254 e. The number of nitrogens with two attached hydrogens (primary N) is 1. The third-order valence-corrected chi connectivity index (χ3v) is 7.12. The number of fused-ring (bicyclic) bond motifs is 1. The molecule has 0 radical (unpaired) electrons. The van der Waals surface area contributed by atoms with Crippen LogP contribution in [0.15, 0.2) is 78.0 Å². The van der Waals surface area contributed by atoms with Crippen molar-refractivity contribution in [2.75, 3.05) is 26.2 Å². The molecule has 1 saturated heterocycles. The number of carbonyl (C=O) groups excluding carboxylic acids is 1. The average Bonchev–Trinajstić information content (AvgIpc) is 3.26. The number of aryl methyl sites for hydroxylation is 3. The summed E-state index contributed by atoms with van der Waals surface area (Å²) in [6, 6.07) is 23.9. The van der Waals surface area contributed by atoms with Gasteiger partial charge in [0.15, 0.2) is 5.84 Å². The molecule has 190 valence electrons. The number of amides is 1. The molecule has 3 aromatic carbocycles. The van der Waals surface area contributed by atoms with Gasteiger partial charge in [-0.05, 0) is 35.7 Å². The van der Waals surface area contributed by atoms with Crippen LogP contribution >= 0.6 is 0 Å². The monoisotopic (exact) mass is 496 g/mol. The summed E-state index contributed by atoms with van der Waals surface area (Å²) in [5, 5.41) is 11.9. The summed E-state index contributed by atoms with van der Waals surface area (Å²) in [7, 11) is 2.01. The minimum atomic E-state index is 0.0687. The number of benzene rings is 3. The van der Waals surface area contributed by atoms with Crippen molar-refractivity contribution in [2.24, 2.45) is 17.9 Å². The Morgan fingerprint density at radius 1 is 0.919 bits per heavy atom. The first-order chi connectivity index (χ1) is 18.0. The predicted molar refractivity (Wildman–Crippen MR) is 145 cm³/mol. The second-order valence-electron chi connectivity index (χ2n) is 9.53. The van der Waals surface area contributed by atoms with Crippen LogP contribution < -0.4 is 5.73 Å². The van der Waals surface area contributed by atoms with Crippen molar-refractivity contribution < 1.29 is 10.0 Å². The van der Waals surface area contributed by atoms with E-state index in [1.807, 2.05) is 60.5 Å². The molecule has 0 spiro atoms. The Labute approximate surface area is 216 Å². The van der Waals surface area contributed by atoms with Crippen LogP contribution in [0, 0.1) is 0 Å². The number of carbonyl (C=O) groups is 1. The van der Waals surface area contributed by atoms with Gasteiger partial charge in [0.25, 0.3) is 5.91 Å². The molecule has 2 heterocycles. The minimum Gasteiger partial charge on any atom is -0.409 e. The molecule has 37 heavy (non-hydrogen) atoms. The minimum absolute atomic E-state index is 0.0687. The van der Waals surface area contributed by atoms with Gasteiger partial charge in [-0.3, -0.25) is 9.69 Å². The van der Waals surface area contributed by atoms with Crippen LogP contribution in [-0.2, 0) is 26.4 Å². The van der Waals surface area contributed by atoms with Crippen LogP contribution in [0.1, 0.15) is 32.9 Å². The van der Waals surface area contributed by atoms with E-state index in [9.17, 15) is 4.79 Å². The molecule has 0 bridgehead atoms. The Balaban J connectivity index is 1.22. The standard InChI is InChI=1S/C29H32N6O2/c1-33-26-13-12-24(29(36)35-17-15-34(16-18-35)20-22-5-3-2-4-6-22)19-25(26)31-27(33)14-9-21-7-10-23(11-8-21)28(30)32-37/h2-8,10-13,19,37H,9,14-18,20H2,1H3,(H2,30,32). The highest BCUT2D eigenvalue weighted by Gasteiger charge is 2.23. The molecule has 5 rings (SSSR count). The molecule has 8 nitrogen and oxygen atoms in total. The van der Waals surface area contributed by atoms with E-state index in [4.69, 9.17) is 15.9 Å². The quantitative estimate of drug-likeness (QED) is 0.177. The van der Waals surface area contributed by atoms with Gasteiger partial charge in [-0.15, -0.1) is 0 Å². The van der Waals surface area contributed by atoms with Crippen molar-refractivity contribution in [3.63, 3.8) is 0 Å². The van der Waals surface area contributed by atoms with Gasteiger partial charge in [-0.2, -0.15) is 0 Å². The van der Waals surface area contributed by atoms with Gasteiger partial charge in [0, 0.05) is 57.3 Å². The van der Waals surface area contributed by atoms with Crippen molar-refractivity contribution in [1.29, 1.82) is 0 Å². The summed E-state index contributed by atoms with van der Waals surface area (Å²) in [6.45, 7) is 4.12. The number of hydrogen-bond donors (Lipinski definition) is 2. The van der Waals surface area contributed by atoms with E-state index in [1.54, 1.807) is 0 Å². The van der Waals surface area contributed by atoms with Gasteiger partial charge in [-0.25, -0.2) is 4.98 Å². The fourth-order valence-corrected chi connectivity index (χ4v) is 4.90. The Morgan fingerprint density at radius 3 is 2.32 bits per heavy atom. The molecule has 3 N–H and O–H groups in total. The van der Waals surface area contributed by atoms with Gasteiger partial charge < -0.3 is 20.4 Å². The molecule has 4 aromatic rings. The molecule has 0 saturated carbocycles.